The summed E-state index contributed by atoms with van der Waals surface area (Å²) in [6.45, 7) is 10.2. The molecule has 0 bridgehead atoms. The highest BCUT2D eigenvalue weighted by atomic mass is 127. The Morgan fingerprint density at radius 1 is 1.24 bits per heavy atom. The fraction of sp³-hybridized carbons (Fsp3) is 0.900. The first-order chi connectivity index (χ1) is 13.5. The van der Waals surface area contributed by atoms with E-state index < -0.39 is 0 Å². The first-order valence-electron chi connectivity index (χ1n) is 10.6. The number of hydrogen-bond acceptors (Lipinski definition) is 5. The summed E-state index contributed by atoms with van der Waals surface area (Å²) in [5.41, 5.74) is 0.330. The van der Waals surface area contributed by atoms with Gasteiger partial charge in [0.15, 0.2) is 5.96 Å². The summed E-state index contributed by atoms with van der Waals surface area (Å²) in [5, 5.41) is 6.86. The van der Waals surface area contributed by atoms with Crippen LogP contribution >= 0.6 is 24.0 Å². The average Bonchev–Trinajstić information content (AvgIpc) is 3.47. The number of rotatable bonds is 12. The average molecular weight is 525 g/mol. The fourth-order valence-electron chi connectivity index (χ4n) is 3.19. The summed E-state index contributed by atoms with van der Waals surface area (Å²) < 4.78 is 10.9. The highest BCUT2D eigenvalue weighted by Gasteiger charge is 2.41. The number of likely N-dealkylation sites (N-methyl/N-ethyl adjacent to an activating group) is 1. The molecular formula is C20H40IN5O3. The maximum Gasteiger partial charge on any atom is 0.243 e. The molecule has 0 unspecified atom stereocenters. The molecule has 0 radical (unpaired) electrons. The van der Waals surface area contributed by atoms with Crippen LogP contribution in [0.2, 0.25) is 0 Å². The Labute approximate surface area is 193 Å². The first-order valence-corrected chi connectivity index (χ1v) is 10.6. The number of aliphatic imine (C=N–C) groups is 1. The van der Waals surface area contributed by atoms with Crippen molar-refractivity contribution in [2.75, 3.05) is 79.8 Å². The molecule has 8 nitrogen and oxygen atoms in total. The second-order valence-corrected chi connectivity index (χ2v) is 7.99. The standard InChI is InChI=1S/C20H39N5O3.HI/c1-4-27-13-8-20(6-7-20)17-23-19(22-16-18(26)24(2)3)21-9-5-10-25-11-14-28-15-12-25;/h4-17H2,1-3H3,(H2,21,22,23);1H. The molecule has 0 aromatic carbocycles. The molecule has 1 heterocycles. The van der Waals surface area contributed by atoms with Crippen LogP contribution in [-0.4, -0.2) is 101 Å². The predicted molar refractivity (Wildman–Crippen MR) is 127 cm³/mol. The molecule has 2 fully saturated rings. The number of amides is 1. The molecule has 1 amide bonds. The third-order valence-corrected chi connectivity index (χ3v) is 5.49. The summed E-state index contributed by atoms with van der Waals surface area (Å²) in [6.07, 6.45) is 4.58. The minimum absolute atomic E-state index is 0. The van der Waals surface area contributed by atoms with E-state index in [1.165, 1.54) is 12.8 Å². The maximum absolute atomic E-state index is 11.9. The zero-order valence-corrected chi connectivity index (χ0v) is 20.7. The Hall–Kier alpha value is -0.650. The van der Waals surface area contributed by atoms with Gasteiger partial charge in [-0.15, -0.1) is 24.0 Å². The van der Waals surface area contributed by atoms with Crippen molar-refractivity contribution in [3.63, 3.8) is 0 Å². The van der Waals surface area contributed by atoms with Crippen LogP contribution in [0.1, 0.15) is 32.6 Å². The highest BCUT2D eigenvalue weighted by Crippen LogP contribution is 2.48. The Bertz CT molecular complexity index is 495. The molecule has 0 aromatic heterocycles. The number of guanidine groups is 1. The van der Waals surface area contributed by atoms with Crippen molar-refractivity contribution in [1.29, 1.82) is 0 Å². The van der Waals surface area contributed by atoms with Gasteiger partial charge in [0.25, 0.3) is 0 Å². The molecule has 1 aliphatic heterocycles. The van der Waals surface area contributed by atoms with Crippen LogP contribution in [0.5, 0.6) is 0 Å². The van der Waals surface area contributed by atoms with Gasteiger partial charge < -0.3 is 25.0 Å². The van der Waals surface area contributed by atoms with E-state index in [9.17, 15) is 4.79 Å². The second-order valence-electron chi connectivity index (χ2n) is 7.99. The Kier molecular flexibility index (Phi) is 13.1. The zero-order chi connectivity index (χ0) is 20.2. The fourth-order valence-corrected chi connectivity index (χ4v) is 3.19. The van der Waals surface area contributed by atoms with Gasteiger partial charge in [0.1, 0.15) is 6.54 Å². The van der Waals surface area contributed by atoms with Crippen molar-refractivity contribution >= 4 is 35.8 Å². The summed E-state index contributed by atoms with van der Waals surface area (Å²) in [4.78, 5) is 20.4. The van der Waals surface area contributed by atoms with Crippen LogP contribution in [-0.2, 0) is 14.3 Å². The lowest BCUT2D eigenvalue weighted by Gasteiger charge is -2.26. The molecule has 1 aliphatic carbocycles. The third kappa shape index (κ3) is 10.8. The highest BCUT2D eigenvalue weighted by molar-refractivity contribution is 14.0. The van der Waals surface area contributed by atoms with Gasteiger partial charge >= 0.3 is 0 Å². The Morgan fingerprint density at radius 2 is 1.97 bits per heavy atom. The molecule has 170 valence electrons. The number of carbonyl (C=O) groups is 1. The van der Waals surface area contributed by atoms with Crippen molar-refractivity contribution < 1.29 is 14.3 Å². The summed E-state index contributed by atoms with van der Waals surface area (Å²) in [6, 6.07) is 0. The van der Waals surface area contributed by atoms with Gasteiger partial charge in [0.2, 0.25) is 5.91 Å². The lowest BCUT2D eigenvalue weighted by atomic mass is 10.0. The lowest BCUT2D eigenvalue weighted by Crippen LogP contribution is -2.43. The molecule has 9 heteroatoms. The van der Waals surface area contributed by atoms with Crippen molar-refractivity contribution in [1.82, 2.24) is 20.4 Å². The number of nitrogens with zero attached hydrogens (tertiary/aromatic N) is 3. The Morgan fingerprint density at radius 3 is 2.59 bits per heavy atom. The maximum atomic E-state index is 11.9. The zero-order valence-electron chi connectivity index (χ0n) is 18.4. The normalized spacial score (nSPS) is 18.7. The molecular weight excluding hydrogens is 485 g/mol. The molecule has 29 heavy (non-hydrogen) atoms. The van der Waals surface area contributed by atoms with Crippen LogP contribution < -0.4 is 10.6 Å². The number of nitrogens with one attached hydrogen (secondary N) is 2. The smallest absolute Gasteiger partial charge is 0.243 e. The molecule has 0 aromatic rings. The van der Waals surface area contributed by atoms with Crippen molar-refractivity contribution in [3.05, 3.63) is 0 Å². The van der Waals surface area contributed by atoms with Crippen molar-refractivity contribution in [3.8, 4) is 0 Å². The van der Waals surface area contributed by atoms with Crippen LogP contribution in [0.4, 0.5) is 0 Å². The van der Waals surface area contributed by atoms with Crippen molar-refractivity contribution in [2.45, 2.75) is 32.6 Å². The molecule has 1 saturated heterocycles. The summed E-state index contributed by atoms with van der Waals surface area (Å²) in [5.74, 6) is 0.742. The van der Waals surface area contributed by atoms with E-state index in [0.29, 0.717) is 5.41 Å². The SMILES string of the molecule is CCOCCC1(CNC(=NCC(=O)N(C)C)NCCCN2CCOCC2)CC1.I. The topological polar surface area (TPSA) is 78.4 Å². The van der Waals surface area contributed by atoms with E-state index >= 15 is 0 Å². The lowest BCUT2D eigenvalue weighted by molar-refractivity contribution is -0.127. The predicted octanol–water partition coefficient (Wildman–Crippen LogP) is 1.16. The molecule has 2 aliphatic rings. The van der Waals surface area contributed by atoms with Crippen LogP contribution in [0.25, 0.3) is 0 Å². The largest absolute Gasteiger partial charge is 0.382 e. The molecule has 0 atom stereocenters. The quantitative estimate of drug-likeness (QED) is 0.172. The van der Waals surface area contributed by atoms with Crippen molar-refractivity contribution in [2.24, 2.45) is 10.4 Å². The van der Waals surface area contributed by atoms with E-state index in [0.717, 1.165) is 78.0 Å². The first kappa shape index (κ1) is 26.4. The minimum atomic E-state index is 0. The van der Waals surface area contributed by atoms with E-state index in [-0.39, 0.29) is 36.4 Å². The van der Waals surface area contributed by atoms with Gasteiger partial charge in [-0.25, -0.2) is 4.99 Å². The van der Waals surface area contributed by atoms with Gasteiger partial charge in [-0.05, 0) is 44.6 Å². The number of halogens is 1. The molecule has 0 spiro atoms. The van der Waals surface area contributed by atoms with Gasteiger partial charge in [-0.1, -0.05) is 0 Å². The number of morpholine rings is 1. The second kappa shape index (κ2) is 14.4. The number of hydrogen-bond donors (Lipinski definition) is 2. The molecule has 2 rings (SSSR count). The van der Waals surface area contributed by atoms with Gasteiger partial charge in [0, 0.05) is 53.5 Å². The van der Waals surface area contributed by atoms with Crippen LogP contribution in [0, 0.1) is 5.41 Å². The van der Waals surface area contributed by atoms with Crippen LogP contribution in [0.3, 0.4) is 0 Å². The monoisotopic (exact) mass is 525 g/mol. The number of ether oxygens (including phenoxy) is 2. The summed E-state index contributed by atoms with van der Waals surface area (Å²) >= 11 is 0. The van der Waals surface area contributed by atoms with E-state index in [2.05, 4.69) is 20.5 Å². The van der Waals surface area contributed by atoms with E-state index in [1.54, 1.807) is 19.0 Å². The minimum Gasteiger partial charge on any atom is -0.382 e. The summed E-state index contributed by atoms with van der Waals surface area (Å²) in [7, 11) is 3.52. The van der Waals surface area contributed by atoms with E-state index in [1.807, 2.05) is 6.92 Å². The van der Waals surface area contributed by atoms with E-state index in [4.69, 9.17) is 9.47 Å². The Balaban J connectivity index is 0.00000420. The van der Waals surface area contributed by atoms with Gasteiger partial charge in [-0.2, -0.15) is 0 Å². The third-order valence-electron chi connectivity index (χ3n) is 5.49. The van der Waals surface area contributed by atoms with Crippen LogP contribution in [0.15, 0.2) is 4.99 Å². The number of carbonyl (C=O) groups excluding carboxylic acids is 1. The van der Waals surface area contributed by atoms with Gasteiger partial charge in [-0.3, -0.25) is 9.69 Å². The van der Waals surface area contributed by atoms with Gasteiger partial charge in [0.05, 0.1) is 13.2 Å². The molecule has 1 saturated carbocycles. The molecule has 2 N–H and O–H groups in total.